The van der Waals surface area contributed by atoms with Crippen LogP contribution in [0, 0.1) is 12.7 Å². The van der Waals surface area contributed by atoms with Crippen molar-refractivity contribution in [3.63, 3.8) is 0 Å². The quantitative estimate of drug-likeness (QED) is 0.677. The molecule has 3 heterocycles. The Morgan fingerprint density at radius 1 is 1.18 bits per heavy atom. The molecule has 0 spiro atoms. The van der Waals surface area contributed by atoms with Gasteiger partial charge >= 0.3 is 0 Å². The molecule has 7 heteroatoms. The van der Waals surface area contributed by atoms with Crippen molar-refractivity contribution in [2.24, 2.45) is 0 Å². The van der Waals surface area contributed by atoms with Gasteiger partial charge in [0.1, 0.15) is 16.6 Å². The van der Waals surface area contributed by atoms with E-state index in [1.54, 1.807) is 23.5 Å². The molecule has 1 amide bonds. The Labute approximate surface area is 167 Å². The average molecular weight is 396 g/mol. The Balaban J connectivity index is 1.34. The van der Waals surface area contributed by atoms with E-state index in [2.05, 4.69) is 14.9 Å². The van der Waals surface area contributed by atoms with Gasteiger partial charge in [-0.25, -0.2) is 14.4 Å². The Kier molecular flexibility index (Phi) is 5.34. The molecule has 5 nitrogen and oxygen atoms in total. The molecule has 1 saturated heterocycles. The Bertz CT molecular complexity index is 965. The number of hydrogen-bond donors (Lipinski definition) is 0. The number of carbonyl (C=O) groups excluding carboxylic acids is 1. The van der Waals surface area contributed by atoms with Crippen molar-refractivity contribution in [1.82, 2.24) is 14.9 Å². The fraction of sp³-hybridized carbons (Fsp3) is 0.286. The molecule has 0 unspecified atom stereocenters. The second-order valence-electron chi connectivity index (χ2n) is 6.87. The lowest BCUT2D eigenvalue weighted by Crippen LogP contribution is -2.49. The van der Waals surface area contributed by atoms with Gasteiger partial charge in [-0.15, -0.1) is 11.3 Å². The van der Waals surface area contributed by atoms with E-state index in [1.807, 2.05) is 35.5 Å². The van der Waals surface area contributed by atoms with E-state index >= 15 is 0 Å². The van der Waals surface area contributed by atoms with Gasteiger partial charge in [0.2, 0.25) is 5.91 Å². The van der Waals surface area contributed by atoms with Gasteiger partial charge in [0.25, 0.3) is 0 Å². The summed E-state index contributed by atoms with van der Waals surface area (Å²) in [6, 6.07) is 10.3. The molecule has 1 aromatic carbocycles. The van der Waals surface area contributed by atoms with E-state index in [4.69, 9.17) is 0 Å². The third-order valence-corrected chi connectivity index (χ3v) is 5.82. The summed E-state index contributed by atoms with van der Waals surface area (Å²) in [6.45, 7) is 4.73. The minimum atomic E-state index is -0.308. The first-order chi connectivity index (χ1) is 13.6. The van der Waals surface area contributed by atoms with E-state index in [0.29, 0.717) is 18.7 Å². The monoisotopic (exact) mass is 396 g/mol. The number of hydrogen-bond acceptors (Lipinski definition) is 5. The Morgan fingerprint density at radius 2 is 2.00 bits per heavy atom. The fourth-order valence-electron chi connectivity index (χ4n) is 3.30. The largest absolute Gasteiger partial charge is 0.353 e. The number of halogens is 1. The molecule has 144 valence electrons. The summed E-state index contributed by atoms with van der Waals surface area (Å²) < 4.78 is 13.3. The SMILES string of the molecule is Cc1csc(-c2ccc(N3CCN(C(=O)Cc4cccc(F)c4)CC3)nc2)n1. The van der Waals surface area contributed by atoms with Crippen LogP contribution in [0.5, 0.6) is 0 Å². The highest BCUT2D eigenvalue weighted by molar-refractivity contribution is 7.13. The molecule has 28 heavy (non-hydrogen) atoms. The lowest BCUT2D eigenvalue weighted by atomic mass is 10.1. The van der Waals surface area contributed by atoms with Gasteiger partial charge in [-0.2, -0.15) is 0 Å². The number of thiazole rings is 1. The summed E-state index contributed by atoms with van der Waals surface area (Å²) in [5.41, 5.74) is 2.75. The zero-order valence-electron chi connectivity index (χ0n) is 15.6. The molecule has 2 aromatic heterocycles. The van der Waals surface area contributed by atoms with Crippen molar-refractivity contribution in [2.75, 3.05) is 31.1 Å². The minimum absolute atomic E-state index is 0.0349. The van der Waals surface area contributed by atoms with Gasteiger partial charge in [-0.05, 0) is 36.8 Å². The van der Waals surface area contributed by atoms with Crippen molar-refractivity contribution < 1.29 is 9.18 Å². The molecule has 1 aliphatic rings. The third-order valence-electron chi connectivity index (χ3n) is 4.81. The van der Waals surface area contributed by atoms with Gasteiger partial charge < -0.3 is 9.80 Å². The van der Waals surface area contributed by atoms with Crippen LogP contribution in [0.15, 0.2) is 48.0 Å². The maximum atomic E-state index is 13.3. The summed E-state index contributed by atoms with van der Waals surface area (Å²) in [5.74, 6) is 0.638. The Hall–Kier alpha value is -2.80. The second-order valence-corrected chi connectivity index (χ2v) is 7.73. The first kappa shape index (κ1) is 18.6. The predicted molar refractivity (Wildman–Crippen MR) is 109 cm³/mol. The second kappa shape index (κ2) is 8.06. The number of pyridine rings is 1. The summed E-state index contributed by atoms with van der Waals surface area (Å²) in [5, 5.41) is 3.01. The maximum absolute atomic E-state index is 13.3. The number of rotatable bonds is 4. The molecule has 0 atom stereocenters. The fourth-order valence-corrected chi connectivity index (χ4v) is 4.09. The number of amides is 1. The van der Waals surface area contributed by atoms with E-state index < -0.39 is 0 Å². The van der Waals surface area contributed by atoms with Crippen molar-refractivity contribution in [2.45, 2.75) is 13.3 Å². The molecule has 0 bridgehead atoms. The van der Waals surface area contributed by atoms with Gasteiger partial charge in [0.05, 0.1) is 6.42 Å². The van der Waals surface area contributed by atoms with Gasteiger partial charge in [0, 0.05) is 49.0 Å². The van der Waals surface area contributed by atoms with Crippen LogP contribution < -0.4 is 4.90 Å². The van der Waals surface area contributed by atoms with E-state index in [9.17, 15) is 9.18 Å². The molecule has 1 aliphatic heterocycles. The van der Waals surface area contributed by atoms with E-state index in [-0.39, 0.29) is 18.1 Å². The van der Waals surface area contributed by atoms with Crippen LogP contribution in [0.25, 0.3) is 10.6 Å². The summed E-state index contributed by atoms with van der Waals surface area (Å²) in [7, 11) is 0. The molecule has 0 aliphatic carbocycles. The molecule has 1 fully saturated rings. The highest BCUT2D eigenvalue weighted by Gasteiger charge is 2.22. The first-order valence-corrected chi connectivity index (χ1v) is 10.1. The number of aryl methyl sites for hydroxylation is 1. The van der Waals surface area contributed by atoms with E-state index in [1.165, 1.54) is 12.1 Å². The number of anilines is 1. The molecule has 4 rings (SSSR count). The standard InChI is InChI=1S/C21H21FN4OS/c1-15-14-28-21(24-15)17-5-6-19(23-13-17)25-7-9-26(10-8-25)20(27)12-16-3-2-4-18(22)11-16/h2-6,11,13-14H,7-10,12H2,1H3. The minimum Gasteiger partial charge on any atom is -0.353 e. The van der Waals surface area contributed by atoms with Gasteiger partial charge in [-0.3, -0.25) is 4.79 Å². The lowest BCUT2D eigenvalue weighted by molar-refractivity contribution is -0.130. The number of benzene rings is 1. The number of aromatic nitrogens is 2. The van der Waals surface area contributed by atoms with Crippen LogP contribution in [0.4, 0.5) is 10.2 Å². The molecular weight excluding hydrogens is 375 g/mol. The number of piperazine rings is 1. The summed E-state index contributed by atoms with van der Waals surface area (Å²) in [4.78, 5) is 25.6. The van der Waals surface area contributed by atoms with Crippen LogP contribution in [-0.2, 0) is 11.2 Å². The van der Waals surface area contributed by atoms with Crippen LogP contribution in [0.3, 0.4) is 0 Å². The average Bonchev–Trinajstić information content (AvgIpc) is 3.15. The number of carbonyl (C=O) groups is 1. The maximum Gasteiger partial charge on any atom is 0.227 e. The zero-order valence-corrected chi connectivity index (χ0v) is 16.5. The summed E-state index contributed by atoms with van der Waals surface area (Å²) >= 11 is 1.62. The highest BCUT2D eigenvalue weighted by Crippen LogP contribution is 2.24. The van der Waals surface area contributed by atoms with Crippen LogP contribution in [0.2, 0.25) is 0 Å². The molecular formula is C21H21FN4OS. The zero-order chi connectivity index (χ0) is 19.5. The van der Waals surface area contributed by atoms with Crippen LogP contribution in [-0.4, -0.2) is 47.0 Å². The first-order valence-electron chi connectivity index (χ1n) is 9.24. The van der Waals surface area contributed by atoms with Crippen molar-refractivity contribution in [3.05, 3.63) is 65.0 Å². The third kappa shape index (κ3) is 4.20. The van der Waals surface area contributed by atoms with Crippen molar-refractivity contribution in [1.29, 1.82) is 0 Å². The van der Waals surface area contributed by atoms with Crippen molar-refractivity contribution >= 4 is 23.1 Å². The molecule has 0 N–H and O–H groups in total. The molecule has 3 aromatic rings. The smallest absolute Gasteiger partial charge is 0.227 e. The Morgan fingerprint density at radius 3 is 2.64 bits per heavy atom. The van der Waals surface area contributed by atoms with E-state index in [0.717, 1.165) is 35.2 Å². The predicted octanol–water partition coefficient (Wildman–Crippen LogP) is 3.54. The van der Waals surface area contributed by atoms with Gasteiger partial charge in [-0.1, -0.05) is 12.1 Å². The highest BCUT2D eigenvalue weighted by atomic mass is 32.1. The van der Waals surface area contributed by atoms with Crippen LogP contribution in [0.1, 0.15) is 11.3 Å². The topological polar surface area (TPSA) is 49.3 Å². The lowest BCUT2D eigenvalue weighted by Gasteiger charge is -2.35. The number of nitrogens with zero attached hydrogens (tertiary/aromatic N) is 4. The van der Waals surface area contributed by atoms with Gasteiger partial charge in [0.15, 0.2) is 0 Å². The van der Waals surface area contributed by atoms with Crippen LogP contribution >= 0.6 is 11.3 Å². The molecule has 0 radical (unpaired) electrons. The molecule has 0 saturated carbocycles. The van der Waals surface area contributed by atoms with Crippen molar-refractivity contribution in [3.8, 4) is 10.6 Å². The summed E-state index contributed by atoms with van der Waals surface area (Å²) in [6.07, 6.45) is 2.09. The normalized spacial score (nSPS) is 14.4.